The molecule has 0 radical (unpaired) electrons. The lowest BCUT2D eigenvalue weighted by Gasteiger charge is -2.42. The Morgan fingerprint density at radius 2 is 2.05 bits per heavy atom. The number of carbonyl (C=O) groups excluding carboxylic acids is 1. The highest BCUT2D eigenvalue weighted by atomic mass is 16.5. The first kappa shape index (κ1) is 15.6. The first-order chi connectivity index (χ1) is 9.97. The maximum atomic E-state index is 12.0. The summed E-state index contributed by atoms with van der Waals surface area (Å²) in [6, 6.07) is 8.09. The number of rotatable bonds is 5. The molecule has 0 spiro atoms. The van der Waals surface area contributed by atoms with Crippen molar-refractivity contribution in [2.75, 3.05) is 25.5 Å². The third-order valence-corrected chi connectivity index (χ3v) is 4.31. The van der Waals surface area contributed by atoms with E-state index in [9.17, 15) is 4.79 Å². The van der Waals surface area contributed by atoms with Crippen LogP contribution in [0.4, 0.5) is 5.69 Å². The van der Waals surface area contributed by atoms with Gasteiger partial charge in [-0.15, -0.1) is 0 Å². The van der Waals surface area contributed by atoms with Gasteiger partial charge in [0.25, 0.3) is 0 Å². The van der Waals surface area contributed by atoms with Crippen molar-refractivity contribution in [3.63, 3.8) is 0 Å². The van der Waals surface area contributed by atoms with Crippen LogP contribution in [0.15, 0.2) is 24.3 Å². The van der Waals surface area contributed by atoms with Crippen molar-refractivity contribution in [3.05, 3.63) is 24.3 Å². The second kappa shape index (κ2) is 6.35. The van der Waals surface area contributed by atoms with Crippen LogP contribution in [0.5, 0.6) is 5.75 Å². The van der Waals surface area contributed by atoms with Gasteiger partial charge in [-0.3, -0.25) is 4.79 Å². The molecule has 3 N–H and O–H groups in total. The summed E-state index contributed by atoms with van der Waals surface area (Å²) in [4.78, 5) is 14.4. The maximum absolute atomic E-state index is 12.0. The first-order valence-corrected chi connectivity index (χ1v) is 7.43. The minimum Gasteiger partial charge on any atom is -0.497 e. The number of anilines is 1. The van der Waals surface area contributed by atoms with Crippen LogP contribution in [0.2, 0.25) is 0 Å². The minimum atomic E-state index is -0.669. The van der Waals surface area contributed by atoms with Crippen LogP contribution in [0, 0.1) is 0 Å². The molecule has 21 heavy (non-hydrogen) atoms. The maximum Gasteiger partial charge on any atom is 0.243 e. The molecule has 5 heteroatoms. The van der Waals surface area contributed by atoms with Crippen molar-refractivity contribution >= 4 is 11.6 Å². The van der Waals surface area contributed by atoms with Crippen molar-refractivity contribution in [3.8, 4) is 5.75 Å². The van der Waals surface area contributed by atoms with Gasteiger partial charge < -0.3 is 20.7 Å². The number of benzene rings is 1. The lowest BCUT2D eigenvalue weighted by atomic mass is 9.86. The van der Waals surface area contributed by atoms with E-state index in [1.807, 2.05) is 24.3 Å². The number of nitrogens with one attached hydrogen (secondary N) is 1. The molecule has 5 nitrogen and oxygen atoms in total. The number of nitrogens with zero attached hydrogens (tertiary/aromatic N) is 1. The van der Waals surface area contributed by atoms with Crippen LogP contribution in [-0.4, -0.2) is 42.6 Å². The molecule has 1 aromatic rings. The van der Waals surface area contributed by atoms with Gasteiger partial charge >= 0.3 is 0 Å². The van der Waals surface area contributed by atoms with Crippen molar-refractivity contribution in [2.45, 2.75) is 38.3 Å². The molecule has 1 fully saturated rings. The van der Waals surface area contributed by atoms with Gasteiger partial charge in [0.1, 0.15) is 11.3 Å². The normalized spacial score (nSPS) is 18.5. The van der Waals surface area contributed by atoms with E-state index in [0.717, 1.165) is 37.4 Å². The van der Waals surface area contributed by atoms with Crippen LogP contribution in [0.1, 0.15) is 26.7 Å². The zero-order valence-corrected chi connectivity index (χ0v) is 13.1. The van der Waals surface area contributed by atoms with Gasteiger partial charge in [-0.05, 0) is 38.8 Å². The topological polar surface area (TPSA) is 67.6 Å². The molecular formula is C16H25N3O2. The molecule has 0 aromatic heterocycles. The number of methoxy groups -OCH3 is 1. The molecule has 1 heterocycles. The van der Waals surface area contributed by atoms with Crippen LogP contribution in [0.3, 0.4) is 0 Å². The molecule has 1 saturated heterocycles. The van der Waals surface area contributed by atoms with Gasteiger partial charge in [0, 0.05) is 30.9 Å². The molecule has 1 aromatic carbocycles. The summed E-state index contributed by atoms with van der Waals surface area (Å²) in [6.07, 6.45) is 1.44. The van der Waals surface area contributed by atoms with E-state index in [1.54, 1.807) is 7.11 Å². The second-order valence-corrected chi connectivity index (χ2v) is 5.93. The lowest BCUT2D eigenvalue weighted by Crippen LogP contribution is -2.57. The summed E-state index contributed by atoms with van der Waals surface area (Å²) in [5.41, 5.74) is 5.89. The Morgan fingerprint density at radius 3 is 2.57 bits per heavy atom. The van der Waals surface area contributed by atoms with Crippen LogP contribution in [0.25, 0.3) is 0 Å². The number of piperidine rings is 1. The fraction of sp³-hybridized carbons (Fsp3) is 0.562. The Hall–Kier alpha value is -1.75. The summed E-state index contributed by atoms with van der Waals surface area (Å²) in [7, 11) is 1.63. The van der Waals surface area contributed by atoms with Gasteiger partial charge in [-0.1, -0.05) is 6.07 Å². The molecule has 1 amide bonds. The van der Waals surface area contributed by atoms with Crippen molar-refractivity contribution in [1.29, 1.82) is 0 Å². The predicted octanol–water partition coefficient (Wildman–Crippen LogP) is 1.84. The van der Waals surface area contributed by atoms with Crippen molar-refractivity contribution < 1.29 is 9.53 Å². The largest absolute Gasteiger partial charge is 0.497 e. The molecule has 0 atom stereocenters. The van der Waals surface area contributed by atoms with Gasteiger partial charge in [0.05, 0.1) is 7.11 Å². The molecule has 0 saturated carbocycles. The van der Waals surface area contributed by atoms with Crippen molar-refractivity contribution in [2.24, 2.45) is 5.73 Å². The van der Waals surface area contributed by atoms with Crippen LogP contribution in [-0.2, 0) is 4.79 Å². The minimum absolute atomic E-state index is 0.284. The highest BCUT2D eigenvalue weighted by molar-refractivity contribution is 5.88. The average Bonchev–Trinajstić information content (AvgIpc) is 2.47. The fourth-order valence-corrected chi connectivity index (χ4v) is 2.83. The van der Waals surface area contributed by atoms with E-state index in [1.165, 1.54) is 0 Å². The third-order valence-electron chi connectivity index (χ3n) is 4.31. The molecule has 116 valence electrons. The highest BCUT2D eigenvalue weighted by Gasteiger charge is 2.40. The molecule has 1 aliphatic heterocycles. The number of hydrogen-bond acceptors (Lipinski definition) is 4. The fourth-order valence-electron chi connectivity index (χ4n) is 2.83. The Bertz CT molecular complexity index is 494. The molecule has 1 aliphatic rings. The third kappa shape index (κ3) is 3.47. The van der Waals surface area contributed by atoms with E-state index < -0.39 is 5.54 Å². The Kier molecular flexibility index (Phi) is 4.73. The Morgan fingerprint density at radius 1 is 1.38 bits per heavy atom. The van der Waals surface area contributed by atoms with E-state index in [0.29, 0.717) is 6.04 Å². The van der Waals surface area contributed by atoms with E-state index in [2.05, 4.69) is 24.1 Å². The van der Waals surface area contributed by atoms with Gasteiger partial charge in [-0.25, -0.2) is 0 Å². The van der Waals surface area contributed by atoms with E-state index >= 15 is 0 Å². The number of nitrogens with two attached hydrogens (primary N) is 1. The monoisotopic (exact) mass is 291 g/mol. The number of hydrogen-bond donors (Lipinski definition) is 2. The summed E-state index contributed by atoms with van der Waals surface area (Å²) in [5, 5.41) is 3.35. The number of primary amides is 1. The number of carbonyl (C=O) groups is 1. The average molecular weight is 291 g/mol. The second-order valence-electron chi connectivity index (χ2n) is 5.93. The number of ether oxygens (including phenoxy) is 1. The van der Waals surface area contributed by atoms with Crippen LogP contribution < -0.4 is 15.8 Å². The molecule has 0 unspecified atom stereocenters. The Balaban J connectivity index is 2.14. The van der Waals surface area contributed by atoms with E-state index in [4.69, 9.17) is 10.5 Å². The SMILES string of the molecule is COc1cccc(NC2(C(N)=O)CCN(C(C)C)CC2)c1. The first-order valence-electron chi connectivity index (χ1n) is 7.43. The Labute approximate surface area is 126 Å². The smallest absolute Gasteiger partial charge is 0.243 e. The molecule has 0 aliphatic carbocycles. The zero-order valence-electron chi connectivity index (χ0n) is 13.1. The quantitative estimate of drug-likeness (QED) is 0.868. The standard InChI is InChI=1S/C16H25N3O2/c1-12(2)19-9-7-16(8-10-19,15(17)20)18-13-5-4-6-14(11-13)21-3/h4-6,11-12,18H,7-10H2,1-3H3,(H2,17,20). The van der Waals surface area contributed by atoms with Gasteiger partial charge in [-0.2, -0.15) is 0 Å². The highest BCUT2D eigenvalue weighted by Crippen LogP contribution is 2.29. The summed E-state index contributed by atoms with van der Waals surface area (Å²) < 4.78 is 5.22. The molecule has 2 rings (SSSR count). The predicted molar refractivity (Wildman–Crippen MR) is 84.5 cm³/mol. The summed E-state index contributed by atoms with van der Waals surface area (Å²) in [5.74, 6) is 0.480. The zero-order chi connectivity index (χ0) is 15.5. The van der Waals surface area contributed by atoms with E-state index in [-0.39, 0.29) is 5.91 Å². The number of amides is 1. The number of likely N-dealkylation sites (tertiary alicyclic amines) is 1. The van der Waals surface area contributed by atoms with Crippen molar-refractivity contribution in [1.82, 2.24) is 4.90 Å². The molecule has 0 bridgehead atoms. The molecular weight excluding hydrogens is 266 g/mol. The van der Waals surface area contributed by atoms with Gasteiger partial charge in [0.2, 0.25) is 5.91 Å². The van der Waals surface area contributed by atoms with Crippen LogP contribution >= 0.6 is 0 Å². The van der Waals surface area contributed by atoms with Gasteiger partial charge in [0.15, 0.2) is 0 Å². The lowest BCUT2D eigenvalue weighted by molar-refractivity contribution is -0.124. The summed E-state index contributed by atoms with van der Waals surface area (Å²) >= 11 is 0. The summed E-state index contributed by atoms with van der Waals surface area (Å²) in [6.45, 7) is 6.09.